The fourth-order valence-corrected chi connectivity index (χ4v) is 3.35. The number of benzene rings is 2. The predicted octanol–water partition coefficient (Wildman–Crippen LogP) is 7.19. The largest absolute Gasteiger partial charge is 0.239 e. The lowest BCUT2D eigenvalue weighted by molar-refractivity contribution is 0.192. The summed E-state index contributed by atoms with van der Waals surface area (Å²) in [5, 5.41) is 0. The molecule has 0 radical (unpaired) electrons. The van der Waals surface area contributed by atoms with Gasteiger partial charge in [-0.1, -0.05) is 88.4 Å². The van der Waals surface area contributed by atoms with E-state index in [1.807, 2.05) is 77.1 Å². The summed E-state index contributed by atoms with van der Waals surface area (Å²) in [5.41, 5.74) is 3.84. The second-order valence-electron chi connectivity index (χ2n) is 5.94. The van der Waals surface area contributed by atoms with Gasteiger partial charge in [0.15, 0.2) is 0 Å². The first-order valence-electron chi connectivity index (χ1n) is 9.02. The number of halogens is 1. The normalized spacial score (nSPS) is 20.9. The highest BCUT2D eigenvalue weighted by atomic mass is 19.1. The molecule has 2 aromatic carbocycles. The van der Waals surface area contributed by atoms with E-state index in [9.17, 15) is 0 Å². The van der Waals surface area contributed by atoms with Gasteiger partial charge in [0, 0.05) is 12.3 Å². The molecule has 0 N–H and O–H groups in total. The third-order valence-corrected chi connectivity index (χ3v) is 4.21. The van der Waals surface area contributed by atoms with E-state index in [2.05, 4.69) is 12.6 Å². The van der Waals surface area contributed by atoms with E-state index in [4.69, 9.17) is 0 Å². The van der Waals surface area contributed by atoms with E-state index < -0.39 is 5.67 Å². The Hall–Kier alpha value is -1.89. The van der Waals surface area contributed by atoms with Crippen molar-refractivity contribution in [3.05, 3.63) is 82.9 Å². The highest BCUT2D eigenvalue weighted by Gasteiger charge is 2.36. The zero-order chi connectivity index (χ0) is 18.3. The van der Waals surface area contributed by atoms with Crippen LogP contribution in [0.15, 0.2) is 60.7 Å². The molecule has 130 valence electrons. The summed E-state index contributed by atoms with van der Waals surface area (Å²) in [6.45, 7) is 15.9. The minimum absolute atomic E-state index is 0.0833. The van der Waals surface area contributed by atoms with Crippen LogP contribution in [0, 0.1) is 0 Å². The molecule has 0 saturated carbocycles. The molecule has 0 heterocycles. The predicted molar refractivity (Wildman–Crippen MR) is 104 cm³/mol. The molecule has 2 aromatic rings. The maximum Gasteiger partial charge on any atom is 0.137 e. The molecule has 0 amide bonds. The summed E-state index contributed by atoms with van der Waals surface area (Å²) in [5.74, 6) is 0.0833. The fraction of sp³-hybridized carbons (Fsp3) is 0.391. The monoisotopic (exact) mass is 326 g/mol. The number of fused-ring (bicyclic) bond motifs is 2. The van der Waals surface area contributed by atoms with Gasteiger partial charge >= 0.3 is 0 Å². The Morgan fingerprint density at radius 1 is 0.958 bits per heavy atom. The summed E-state index contributed by atoms with van der Waals surface area (Å²) < 4.78 is 15.2. The van der Waals surface area contributed by atoms with Crippen LogP contribution in [0.3, 0.4) is 0 Å². The minimum atomic E-state index is -1.34. The number of hydrogen-bond acceptors (Lipinski definition) is 0. The van der Waals surface area contributed by atoms with Crippen molar-refractivity contribution in [1.82, 2.24) is 0 Å². The molecular formula is C23H31F. The molecule has 2 atom stereocenters. The van der Waals surface area contributed by atoms with E-state index in [0.29, 0.717) is 6.42 Å². The summed E-state index contributed by atoms with van der Waals surface area (Å²) in [6, 6.07) is 16.0. The van der Waals surface area contributed by atoms with Gasteiger partial charge in [-0.3, -0.25) is 0 Å². The maximum atomic E-state index is 15.2. The SMILES string of the molecule is C=C(C)C1c2ccccc2CC(C)(F)c2ccccc21.CC.CC. The van der Waals surface area contributed by atoms with Crippen LogP contribution in [0.2, 0.25) is 0 Å². The Morgan fingerprint density at radius 2 is 1.46 bits per heavy atom. The summed E-state index contributed by atoms with van der Waals surface area (Å²) in [4.78, 5) is 0. The van der Waals surface area contributed by atoms with E-state index in [1.165, 1.54) is 5.56 Å². The Kier molecular flexibility index (Phi) is 7.41. The zero-order valence-electron chi connectivity index (χ0n) is 16.0. The van der Waals surface area contributed by atoms with Gasteiger partial charge in [-0.15, -0.1) is 0 Å². The first-order valence-corrected chi connectivity index (χ1v) is 9.02. The van der Waals surface area contributed by atoms with Gasteiger partial charge in [-0.2, -0.15) is 0 Å². The molecule has 1 heteroatoms. The second kappa shape index (κ2) is 8.82. The third-order valence-electron chi connectivity index (χ3n) is 4.21. The number of rotatable bonds is 1. The standard InChI is InChI=1S/C19H19F.2C2H6/c1-13(2)18-15-9-5-4-8-14(15)12-19(3,20)17-11-7-6-10-16(17)18;2*1-2/h4-11,18H,1,12H2,2-3H3;2*1-2H3. The summed E-state index contributed by atoms with van der Waals surface area (Å²) in [7, 11) is 0. The first kappa shape index (κ1) is 20.2. The molecule has 0 spiro atoms. The molecule has 1 aliphatic carbocycles. The lowest BCUT2D eigenvalue weighted by Crippen LogP contribution is -2.19. The molecule has 2 unspecified atom stereocenters. The van der Waals surface area contributed by atoms with Crippen LogP contribution >= 0.6 is 0 Å². The average Bonchev–Trinajstić information content (AvgIpc) is 2.70. The zero-order valence-corrected chi connectivity index (χ0v) is 16.0. The van der Waals surface area contributed by atoms with Crippen LogP contribution in [0.4, 0.5) is 4.39 Å². The van der Waals surface area contributed by atoms with Gasteiger partial charge in [-0.05, 0) is 36.1 Å². The Labute approximate surface area is 147 Å². The van der Waals surface area contributed by atoms with Crippen molar-refractivity contribution in [2.24, 2.45) is 0 Å². The number of alkyl halides is 1. The Morgan fingerprint density at radius 3 is 2.04 bits per heavy atom. The van der Waals surface area contributed by atoms with E-state index >= 15 is 4.39 Å². The average molecular weight is 326 g/mol. The van der Waals surface area contributed by atoms with E-state index in [-0.39, 0.29) is 5.92 Å². The van der Waals surface area contributed by atoms with Gasteiger partial charge in [0.2, 0.25) is 0 Å². The third kappa shape index (κ3) is 3.95. The van der Waals surface area contributed by atoms with Gasteiger partial charge in [-0.25, -0.2) is 4.39 Å². The van der Waals surface area contributed by atoms with Crippen LogP contribution in [0.25, 0.3) is 0 Å². The van der Waals surface area contributed by atoms with Crippen molar-refractivity contribution >= 4 is 0 Å². The number of allylic oxidation sites excluding steroid dienone is 1. The molecule has 24 heavy (non-hydrogen) atoms. The van der Waals surface area contributed by atoms with Crippen molar-refractivity contribution in [3.8, 4) is 0 Å². The van der Waals surface area contributed by atoms with Crippen molar-refractivity contribution in [3.63, 3.8) is 0 Å². The van der Waals surface area contributed by atoms with Gasteiger partial charge in [0.1, 0.15) is 5.67 Å². The summed E-state index contributed by atoms with van der Waals surface area (Å²) in [6.07, 6.45) is 0.421. The van der Waals surface area contributed by atoms with E-state index in [1.54, 1.807) is 6.92 Å². The van der Waals surface area contributed by atoms with Crippen molar-refractivity contribution < 1.29 is 4.39 Å². The van der Waals surface area contributed by atoms with Crippen LogP contribution in [0.5, 0.6) is 0 Å². The highest BCUT2D eigenvalue weighted by Crippen LogP contribution is 2.45. The van der Waals surface area contributed by atoms with Gasteiger partial charge in [0.05, 0.1) is 0 Å². The molecule has 0 fully saturated rings. The minimum Gasteiger partial charge on any atom is -0.239 e. The molecule has 0 saturated heterocycles. The number of hydrogen-bond donors (Lipinski definition) is 0. The van der Waals surface area contributed by atoms with Crippen molar-refractivity contribution in [2.75, 3.05) is 0 Å². The first-order chi connectivity index (χ1) is 11.5. The molecule has 0 bridgehead atoms. The lowest BCUT2D eigenvalue weighted by Gasteiger charge is -2.23. The highest BCUT2D eigenvalue weighted by molar-refractivity contribution is 5.51. The smallest absolute Gasteiger partial charge is 0.137 e. The van der Waals surface area contributed by atoms with Gasteiger partial charge < -0.3 is 0 Å². The van der Waals surface area contributed by atoms with E-state index in [0.717, 1.165) is 22.3 Å². The quantitative estimate of drug-likeness (QED) is 0.486. The molecule has 1 aliphatic rings. The molecule has 3 rings (SSSR count). The topological polar surface area (TPSA) is 0 Å². The van der Waals surface area contributed by atoms with Crippen molar-refractivity contribution in [1.29, 1.82) is 0 Å². The van der Waals surface area contributed by atoms with Crippen LogP contribution < -0.4 is 0 Å². The van der Waals surface area contributed by atoms with Crippen molar-refractivity contribution in [2.45, 2.75) is 59.5 Å². The maximum absolute atomic E-state index is 15.2. The lowest BCUT2D eigenvalue weighted by atomic mass is 9.83. The molecule has 0 aromatic heterocycles. The molecule has 0 aliphatic heterocycles. The molecule has 0 nitrogen and oxygen atoms in total. The van der Waals surface area contributed by atoms with Gasteiger partial charge in [0.25, 0.3) is 0 Å². The Bertz CT molecular complexity index is 667. The van der Waals surface area contributed by atoms with Crippen LogP contribution in [-0.4, -0.2) is 0 Å². The second-order valence-corrected chi connectivity index (χ2v) is 5.94. The fourth-order valence-electron chi connectivity index (χ4n) is 3.35. The summed E-state index contributed by atoms with van der Waals surface area (Å²) >= 11 is 0. The molecular weight excluding hydrogens is 295 g/mol. The Balaban J connectivity index is 0.000000671. The van der Waals surface area contributed by atoms with Crippen LogP contribution in [-0.2, 0) is 12.1 Å². The van der Waals surface area contributed by atoms with Crippen LogP contribution in [0.1, 0.15) is 69.7 Å².